The highest BCUT2D eigenvalue weighted by Gasteiger charge is 2.15. The van der Waals surface area contributed by atoms with Gasteiger partial charge in [-0.15, -0.1) is 0 Å². The van der Waals surface area contributed by atoms with Crippen molar-refractivity contribution >= 4 is 21.8 Å². The maximum atomic E-state index is 12.4. The number of nitrogens with zero attached hydrogens (tertiary/aromatic N) is 3. The molecular weight excluding hydrogens is 382 g/mol. The molecule has 2 aromatic carbocycles. The summed E-state index contributed by atoms with van der Waals surface area (Å²) in [6, 6.07) is 15.6. The van der Waals surface area contributed by atoms with Crippen molar-refractivity contribution in [1.82, 2.24) is 15.0 Å². The minimum atomic E-state index is 0.00561. The second-order valence-corrected chi connectivity index (χ2v) is 6.85. The van der Waals surface area contributed by atoms with Gasteiger partial charge in [-0.3, -0.25) is 4.79 Å². The summed E-state index contributed by atoms with van der Waals surface area (Å²) in [6.45, 7) is 2.31. The molecule has 0 fully saturated rings. The first-order chi connectivity index (χ1) is 12.0. The van der Waals surface area contributed by atoms with E-state index in [9.17, 15) is 4.79 Å². The molecule has 5 nitrogen and oxygen atoms in total. The van der Waals surface area contributed by atoms with E-state index in [1.807, 2.05) is 55.5 Å². The number of rotatable bonds is 5. The van der Waals surface area contributed by atoms with E-state index in [4.69, 9.17) is 4.52 Å². The van der Waals surface area contributed by atoms with E-state index in [1.165, 1.54) is 5.56 Å². The maximum Gasteiger partial charge on any atom is 0.246 e. The molecule has 0 aliphatic rings. The topological polar surface area (TPSA) is 59.2 Å². The number of benzene rings is 2. The molecule has 3 rings (SSSR count). The Morgan fingerprint density at radius 2 is 1.96 bits per heavy atom. The number of likely N-dealkylation sites (N-methyl/N-ethyl adjacent to an activating group) is 1. The van der Waals surface area contributed by atoms with E-state index in [1.54, 1.807) is 11.9 Å². The van der Waals surface area contributed by atoms with Crippen LogP contribution in [0.3, 0.4) is 0 Å². The number of aryl methyl sites for hydroxylation is 1. The van der Waals surface area contributed by atoms with Gasteiger partial charge in [0.15, 0.2) is 0 Å². The largest absolute Gasteiger partial charge is 0.337 e. The number of hydrogen-bond acceptors (Lipinski definition) is 4. The normalized spacial score (nSPS) is 10.7. The lowest BCUT2D eigenvalue weighted by Crippen LogP contribution is -2.27. The Hall–Kier alpha value is -2.47. The molecule has 0 bridgehead atoms. The Kier molecular flexibility index (Phi) is 5.28. The fourth-order valence-corrected chi connectivity index (χ4v) is 2.77. The van der Waals surface area contributed by atoms with Crippen molar-refractivity contribution in [2.75, 3.05) is 7.05 Å². The highest BCUT2D eigenvalue weighted by Crippen LogP contribution is 2.20. The Morgan fingerprint density at radius 1 is 1.20 bits per heavy atom. The quantitative estimate of drug-likeness (QED) is 0.650. The standard InChI is InChI=1S/C19H18BrN3O2/c1-13-6-8-14(9-7-13)10-18(24)23(2)12-17-21-19(22-25-17)15-4-3-5-16(20)11-15/h3-9,11H,10,12H2,1-2H3. The third-order valence-corrected chi connectivity index (χ3v) is 4.32. The molecule has 0 radical (unpaired) electrons. The van der Waals surface area contributed by atoms with E-state index < -0.39 is 0 Å². The molecule has 0 aliphatic carbocycles. The zero-order valence-corrected chi connectivity index (χ0v) is 15.7. The van der Waals surface area contributed by atoms with Gasteiger partial charge in [-0.25, -0.2) is 0 Å². The average Bonchev–Trinajstić information content (AvgIpc) is 3.05. The van der Waals surface area contributed by atoms with Gasteiger partial charge in [0.2, 0.25) is 17.6 Å². The summed E-state index contributed by atoms with van der Waals surface area (Å²) in [5, 5.41) is 3.99. The molecule has 128 valence electrons. The second-order valence-electron chi connectivity index (χ2n) is 5.93. The fraction of sp³-hybridized carbons (Fsp3) is 0.211. The Labute approximate surface area is 154 Å². The van der Waals surface area contributed by atoms with Gasteiger partial charge in [0.25, 0.3) is 0 Å². The smallest absolute Gasteiger partial charge is 0.246 e. The molecule has 0 N–H and O–H groups in total. The monoisotopic (exact) mass is 399 g/mol. The number of aromatic nitrogens is 2. The van der Waals surface area contributed by atoms with Gasteiger partial charge in [0.1, 0.15) is 0 Å². The second kappa shape index (κ2) is 7.61. The van der Waals surface area contributed by atoms with Crippen LogP contribution in [0.5, 0.6) is 0 Å². The fourth-order valence-electron chi connectivity index (χ4n) is 2.37. The van der Waals surface area contributed by atoms with Crippen molar-refractivity contribution in [1.29, 1.82) is 0 Å². The summed E-state index contributed by atoms with van der Waals surface area (Å²) < 4.78 is 6.22. The zero-order chi connectivity index (χ0) is 17.8. The van der Waals surface area contributed by atoms with Gasteiger partial charge in [-0.2, -0.15) is 4.98 Å². The molecule has 0 unspecified atom stereocenters. The van der Waals surface area contributed by atoms with Gasteiger partial charge in [0.05, 0.1) is 13.0 Å². The first-order valence-corrected chi connectivity index (χ1v) is 8.68. The van der Waals surface area contributed by atoms with Crippen LogP contribution in [0.1, 0.15) is 17.0 Å². The van der Waals surface area contributed by atoms with Crippen LogP contribution < -0.4 is 0 Å². The van der Waals surface area contributed by atoms with Gasteiger partial charge in [-0.05, 0) is 24.6 Å². The van der Waals surface area contributed by atoms with E-state index in [0.717, 1.165) is 15.6 Å². The zero-order valence-electron chi connectivity index (χ0n) is 14.1. The summed E-state index contributed by atoms with van der Waals surface area (Å²) in [6.07, 6.45) is 0.351. The lowest BCUT2D eigenvalue weighted by atomic mass is 10.1. The summed E-state index contributed by atoms with van der Waals surface area (Å²) in [4.78, 5) is 18.3. The SMILES string of the molecule is Cc1ccc(CC(=O)N(C)Cc2nc(-c3cccc(Br)c3)no2)cc1. The number of carbonyl (C=O) groups is 1. The molecule has 0 atom stereocenters. The predicted molar refractivity (Wildman–Crippen MR) is 98.8 cm³/mol. The van der Waals surface area contributed by atoms with Gasteiger partial charge >= 0.3 is 0 Å². The van der Waals surface area contributed by atoms with E-state index >= 15 is 0 Å². The minimum Gasteiger partial charge on any atom is -0.337 e. The molecular formula is C19H18BrN3O2. The Balaban J connectivity index is 1.64. The van der Waals surface area contributed by atoms with Gasteiger partial charge in [0, 0.05) is 17.1 Å². The molecule has 0 aliphatic heterocycles. The number of carbonyl (C=O) groups excluding carboxylic acids is 1. The van der Waals surface area contributed by atoms with Crippen molar-refractivity contribution in [3.63, 3.8) is 0 Å². The Bertz CT molecular complexity index is 874. The molecule has 25 heavy (non-hydrogen) atoms. The lowest BCUT2D eigenvalue weighted by molar-refractivity contribution is -0.130. The predicted octanol–water partition coefficient (Wildman–Crippen LogP) is 4.01. The van der Waals surface area contributed by atoms with Crippen LogP contribution in [0, 0.1) is 6.92 Å². The van der Waals surface area contributed by atoms with Crippen LogP contribution in [0.4, 0.5) is 0 Å². The van der Waals surface area contributed by atoms with E-state index in [-0.39, 0.29) is 12.5 Å². The van der Waals surface area contributed by atoms with Crippen LogP contribution >= 0.6 is 15.9 Å². The van der Waals surface area contributed by atoms with Crippen molar-refractivity contribution in [2.45, 2.75) is 19.9 Å². The molecule has 3 aromatic rings. The molecule has 1 amide bonds. The highest BCUT2D eigenvalue weighted by atomic mass is 79.9. The molecule has 0 spiro atoms. The number of amides is 1. The average molecular weight is 400 g/mol. The number of halogens is 1. The maximum absolute atomic E-state index is 12.4. The van der Waals surface area contributed by atoms with Crippen molar-refractivity contribution in [3.05, 3.63) is 70.0 Å². The third kappa shape index (κ3) is 4.54. The van der Waals surface area contributed by atoms with Gasteiger partial charge in [-0.1, -0.05) is 63.0 Å². The van der Waals surface area contributed by atoms with E-state index in [0.29, 0.717) is 18.1 Å². The molecule has 0 saturated carbocycles. The van der Waals surface area contributed by atoms with Crippen LogP contribution in [-0.4, -0.2) is 28.0 Å². The summed E-state index contributed by atoms with van der Waals surface area (Å²) in [5.41, 5.74) is 3.02. The molecule has 1 aromatic heterocycles. The van der Waals surface area contributed by atoms with Crippen molar-refractivity contribution < 1.29 is 9.32 Å². The lowest BCUT2D eigenvalue weighted by Gasteiger charge is -2.14. The summed E-state index contributed by atoms with van der Waals surface area (Å²) in [5.74, 6) is 0.927. The van der Waals surface area contributed by atoms with E-state index in [2.05, 4.69) is 26.1 Å². The van der Waals surface area contributed by atoms with Crippen LogP contribution in [0.15, 0.2) is 57.5 Å². The first kappa shape index (κ1) is 17.4. The van der Waals surface area contributed by atoms with Crippen LogP contribution in [0.2, 0.25) is 0 Å². The van der Waals surface area contributed by atoms with Crippen molar-refractivity contribution in [2.24, 2.45) is 0 Å². The number of hydrogen-bond donors (Lipinski definition) is 0. The molecule has 0 saturated heterocycles. The summed E-state index contributed by atoms with van der Waals surface area (Å²) in [7, 11) is 1.74. The molecule has 6 heteroatoms. The van der Waals surface area contributed by atoms with Crippen molar-refractivity contribution in [3.8, 4) is 11.4 Å². The minimum absolute atomic E-state index is 0.00561. The molecule has 1 heterocycles. The first-order valence-electron chi connectivity index (χ1n) is 7.89. The van der Waals surface area contributed by atoms with Crippen LogP contribution in [0.25, 0.3) is 11.4 Å². The summed E-state index contributed by atoms with van der Waals surface area (Å²) >= 11 is 3.42. The highest BCUT2D eigenvalue weighted by molar-refractivity contribution is 9.10. The van der Waals surface area contributed by atoms with Crippen LogP contribution in [-0.2, 0) is 17.8 Å². The van der Waals surface area contributed by atoms with Gasteiger partial charge < -0.3 is 9.42 Å². The third-order valence-electron chi connectivity index (χ3n) is 3.83. The Morgan fingerprint density at radius 3 is 2.68 bits per heavy atom.